The van der Waals surface area contributed by atoms with Crippen molar-refractivity contribution in [2.45, 2.75) is 71.1 Å². The van der Waals surface area contributed by atoms with E-state index in [1.54, 1.807) is 0 Å². The lowest BCUT2D eigenvalue weighted by Crippen LogP contribution is -2.13. The van der Waals surface area contributed by atoms with Gasteiger partial charge in [0.15, 0.2) is 17.5 Å². The van der Waals surface area contributed by atoms with Crippen molar-refractivity contribution in [3.8, 4) is 0 Å². The summed E-state index contributed by atoms with van der Waals surface area (Å²) in [7, 11) is 0. The van der Waals surface area contributed by atoms with Crippen LogP contribution >= 0.6 is 0 Å². The van der Waals surface area contributed by atoms with Crippen molar-refractivity contribution >= 4 is 0 Å². The molecule has 3 heteroatoms. The van der Waals surface area contributed by atoms with Crippen molar-refractivity contribution in [3.63, 3.8) is 0 Å². The van der Waals surface area contributed by atoms with E-state index in [0.717, 1.165) is 24.5 Å². The Morgan fingerprint density at radius 3 is 2.29 bits per heavy atom. The van der Waals surface area contributed by atoms with E-state index in [2.05, 4.69) is 19.1 Å². The molecule has 0 aromatic heterocycles. The van der Waals surface area contributed by atoms with Gasteiger partial charge < -0.3 is 0 Å². The van der Waals surface area contributed by atoms with Gasteiger partial charge in [-0.3, -0.25) is 0 Å². The van der Waals surface area contributed by atoms with Crippen LogP contribution in [0, 0.1) is 29.3 Å². The van der Waals surface area contributed by atoms with E-state index in [9.17, 15) is 13.2 Å². The third-order valence-corrected chi connectivity index (χ3v) is 5.16. The molecule has 1 saturated carbocycles. The Bertz CT molecular complexity index is 505. The Hall–Kier alpha value is -1.25. The van der Waals surface area contributed by atoms with Gasteiger partial charge in [0.2, 0.25) is 0 Å². The number of unbranched alkanes of at least 4 members (excludes halogenated alkanes) is 2. The second-order valence-electron chi connectivity index (χ2n) is 7.12. The smallest absolute Gasteiger partial charge is 0.194 e. The maximum absolute atomic E-state index is 13.2. The number of halogens is 3. The maximum Gasteiger partial charge on any atom is 0.194 e. The van der Waals surface area contributed by atoms with Crippen LogP contribution in [0.5, 0.6) is 0 Å². The van der Waals surface area contributed by atoms with Gasteiger partial charge in [0.1, 0.15) is 0 Å². The molecule has 24 heavy (non-hydrogen) atoms. The first-order chi connectivity index (χ1) is 11.6. The molecule has 0 saturated heterocycles. The summed E-state index contributed by atoms with van der Waals surface area (Å²) in [5, 5.41) is 0. The molecule has 0 bridgehead atoms. The molecule has 0 aliphatic heterocycles. The highest BCUT2D eigenvalue weighted by atomic mass is 19.2. The van der Waals surface area contributed by atoms with Crippen LogP contribution in [-0.4, -0.2) is 0 Å². The molecular weight excluding hydrogens is 309 g/mol. The van der Waals surface area contributed by atoms with Crippen LogP contribution in [0.15, 0.2) is 24.3 Å². The van der Waals surface area contributed by atoms with Crippen molar-refractivity contribution in [3.05, 3.63) is 47.3 Å². The van der Waals surface area contributed by atoms with Crippen molar-refractivity contribution in [1.82, 2.24) is 0 Å². The van der Waals surface area contributed by atoms with Crippen molar-refractivity contribution < 1.29 is 13.2 Å². The SMILES string of the molecule is CCCCC[C@H]1CC[C@H](C=CCCc2cc(F)c(F)c(F)c2)CC1. The van der Waals surface area contributed by atoms with E-state index in [1.807, 2.05) is 0 Å². The van der Waals surface area contributed by atoms with Crippen LogP contribution < -0.4 is 0 Å². The van der Waals surface area contributed by atoms with E-state index in [1.165, 1.54) is 51.4 Å². The summed E-state index contributed by atoms with van der Waals surface area (Å²) in [6, 6.07) is 2.18. The van der Waals surface area contributed by atoms with Gasteiger partial charge in [-0.15, -0.1) is 0 Å². The summed E-state index contributed by atoms with van der Waals surface area (Å²) in [5.74, 6) is -2.03. The largest absolute Gasteiger partial charge is 0.204 e. The van der Waals surface area contributed by atoms with Crippen LogP contribution in [0.3, 0.4) is 0 Å². The molecule has 1 aliphatic carbocycles. The van der Waals surface area contributed by atoms with E-state index < -0.39 is 17.5 Å². The minimum absolute atomic E-state index is 0.510. The van der Waals surface area contributed by atoms with Crippen molar-refractivity contribution in [1.29, 1.82) is 0 Å². The molecule has 0 radical (unpaired) electrons. The number of allylic oxidation sites excluding steroid dienone is 2. The first-order valence-electron chi connectivity index (χ1n) is 9.40. The van der Waals surface area contributed by atoms with Gasteiger partial charge in [0, 0.05) is 0 Å². The normalized spacial score (nSPS) is 21.5. The number of benzene rings is 1. The number of rotatable bonds is 8. The molecule has 0 unspecified atom stereocenters. The topological polar surface area (TPSA) is 0 Å². The summed E-state index contributed by atoms with van der Waals surface area (Å²) in [6.45, 7) is 2.25. The Labute approximate surface area is 144 Å². The van der Waals surface area contributed by atoms with Crippen LogP contribution in [0.25, 0.3) is 0 Å². The average Bonchev–Trinajstić information content (AvgIpc) is 2.58. The van der Waals surface area contributed by atoms with Crippen LogP contribution in [-0.2, 0) is 6.42 Å². The van der Waals surface area contributed by atoms with E-state index in [4.69, 9.17) is 0 Å². The Morgan fingerprint density at radius 2 is 1.67 bits per heavy atom. The lowest BCUT2D eigenvalue weighted by Gasteiger charge is -2.26. The fraction of sp³-hybridized carbons (Fsp3) is 0.619. The third kappa shape index (κ3) is 5.99. The third-order valence-electron chi connectivity index (χ3n) is 5.16. The van der Waals surface area contributed by atoms with Crippen LogP contribution in [0.1, 0.15) is 70.3 Å². The highest BCUT2D eigenvalue weighted by Gasteiger charge is 2.18. The minimum atomic E-state index is -1.38. The lowest BCUT2D eigenvalue weighted by molar-refractivity contribution is 0.289. The standard InChI is InChI=1S/C21H29F3/c1-2-3-4-7-16-10-12-17(13-11-16)8-5-6-9-18-14-19(22)21(24)20(23)15-18/h5,8,14-17H,2-4,6-7,9-13H2,1H3/t16-,17-. The van der Waals surface area contributed by atoms with Crippen LogP contribution in [0.2, 0.25) is 0 Å². The fourth-order valence-corrected chi connectivity index (χ4v) is 3.64. The summed E-state index contributed by atoms with van der Waals surface area (Å²) in [6.07, 6.45) is 16.2. The van der Waals surface area contributed by atoms with E-state index in [0.29, 0.717) is 17.9 Å². The quantitative estimate of drug-likeness (QED) is 0.272. The highest BCUT2D eigenvalue weighted by Crippen LogP contribution is 2.32. The zero-order chi connectivity index (χ0) is 17.4. The average molecular weight is 338 g/mol. The van der Waals surface area contributed by atoms with E-state index >= 15 is 0 Å². The zero-order valence-electron chi connectivity index (χ0n) is 14.7. The molecule has 0 nitrogen and oxygen atoms in total. The molecule has 0 N–H and O–H groups in total. The molecule has 1 aliphatic rings. The molecule has 0 amide bonds. The first kappa shape index (κ1) is 19.1. The van der Waals surface area contributed by atoms with Gasteiger partial charge in [-0.1, -0.05) is 44.8 Å². The fourth-order valence-electron chi connectivity index (χ4n) is 3.64. The number of hydrogen-bond donors (Lipinski definition) is 0. The zero-order valence-corrected chi connectivity index (χ0v) is 14.7. The van der Waals surface area contributed by atoms with Crippen molar-refractivity contribution in [2.24, 2.45) is 11.8 Å². The van der Waals surface area contributed by atoms with Gasteiger partial charge in [0.05, 0.1) is 0 Å². The second-order valence-corrected chi connectivity index (χ2v) is 7.12. The molecule has 1 aromatic carbocycles. The number of aryl methyl sites for hydroxylation is 1. The van der Waals surface area contributed by atoms with Gasteiger partial charge in [-0.05, 0) is 68.1 Å². The Kier molecular flexibility index (Phi) is 7.87. The monoisotopic (exact) mass is 338 g/mol. The van der Waals surface area contributed by atoms with Crippen molar-refractivity contribution in [2.75, 3.05) is 0 Å². The summed E-state index contributed by atoms with van der Waals surface area (Å²) < 4.78 is 39.2. The Balaban J connectivity index is 1.68. The molecule has 134 valence electrons. The van der Waals surface area contributed by atoms with Gasteiger partial charge >= 0.3 is 0 Å². The lowest BCUT2D eigenvalue weighted by atomic mass is 9.79. The minimum Gasteiger partial charge on any atom is -0.204 e. The molecule has 1 fully saturated rings. The molecule has 1 aromatic rings. The molecule has 0 atom stereocenters. The predicted octanol–water partition coefficient (Wildman–Crippen LogP) is 6.98. The Morgan fingerprint density at radius 1 is 1.00 bits per heavy atom. The molecule has 0 heterocycles. The molecule has 2 rings (SSSR count). The molecule has 0 spiro atoms. The summed E-state index contributed by atoms with van der Waals surface area (Å²) >= 11 is 0. The predicted molar refractivity (Wildman–Crippen MR) is 93.4 cm³/mol. The first-order valence-corrected chi connectivity index (χ1v) is 9.40. The molecular formula is C21H29F3. The van der Waals surface area contributed by atoms with E-state index in [-0.39, 0.29) is 0 Å². The number of hydrogen-bond acceptors (Lipinski definition) is 0. The van der Waals surface area contributed by atoms with Gasteiger partial charge in [-0.25, -0.2) is 13.2 Å². The second kappa shape index (κ2) is 9.90. The summed E-state index contributed by atoms with van der Waals surface area (Å²) in [4.78, 5) is 0. The highest BCUT2D eigenvalue weighted by molar-refractivity contribution is 5.20. The maximum atomic E-state index is 13.2. The summed E-state index contributed by atoms with van der Waals surface area (Å²) in [5.41, 5.74) is 0.510. The van der Waals surface area contributed by atoms with Crippen LogP contribution in [0.4, 0.5) is 13.2 Å². The van der Waals surface area contributed by atoms with Gasteiger partial charge in [0.25, 0.3) is 0 Å². The van der Waals surface area contributed by atoms with Gasteiger partial charge in [-0.2, -0.15) is 0 Å².